The summed E-state index contributed by atoms with van der Waals surface area (Å²) in [6.45, 7) is 6.68. The monoisotopic (exact) mass is 258 g/mol. The van der Waals surface area contributed by atoms with Gasteiger partial charge in [-0.2, -0.15) is 0 Å². The molecule has 2 aromatic carbocycles. The van der Waals surface area contributed by atoms with Gasteiger partial charge in [0, 0.05) is 5.02 Å². The Kier molecular flexibility index (Phi) is 4.08. The van der Waals surface area contributed by atoms with Gasteiger partial charge in [-0.05, 0) is 42.0 Å². The number of benzene rings is 2. The Morgan fingerprint density at radius 2 is 1.11 bits per heavy atom. The number of rotatable bonds is 3. The van der Waals surface area contributed by atoms with Crippen molar-refractivity contribution in [2.75, 3.05) is 0 Å². The average molecular weight is 259 g/mol. The molecule has 0 aliphatic carbocycles. The van der Waals surface area contributed by atoms with Crippen molar-refractivity contribution < 1.29 is 0 Å². The predicted octanol–water partition coefficient (Wildman–Crippen LogP) is 5.56. The highest BCUT2D eigenvalue weighted by molar-refractivity contribution is 6.30. The molecule has 1 heteroatoms. The molecular weight excluding hydrogens is 240 g/mol. The van der Waals surface area contributed by atoms with Gasteiger partial charge in [-0.15, -0.1) is 0 Å². The first kappa shape index (κ1) is 13.2. The Bertz CT molecular complexity index is 447. The topological polar surface area (TPSA) is 0 Å². The first-order valence-corrected chi connectivity index (χ1v) is 6.78. The van der Waals surface area contributed by atoms with E-state index in [4.69, 9.17) is 11.6 Å². The second-order valence-electron chi connectivity index (χ2n) is 5.04. The molecule has 0 aromatic heterocycles. The van der Waals surface area contributed by atoms with Crippen molar-refractivity contribution in [2.24, 2.45) is 0 Å². The van der Waals surface area contributed by atoms with E-state index in [1.807, 2.05) is 12.1 Å². The van der Waals surface area contributed by atoms with Crippen molar-refractivity contribution in [1.29, 1.82) is 0 Å². The summed E-state index contributed by atoms with van der Waals surface area (Å²) >= 11 is 5.93. The highest BCUT2D eigenvalue weighted by atomic mass is 35.5. The molecule has 2 atom stereocenters. The van der Waals surface area contributed by atoms with E-state index < -0.39 is 0 Å². The van der Waals surface area contributed by atoms with Crippen molar-refractivity contribution in [3.63, 3.8) is 0 Å². The molecule has 0 bridgehead atoms. The quantitative estimate of drug-likeness (QED) is 0.677. The smallest absolute Gasteiger partial charge is 0.0406 e. The van der Waals surface area contributed by atoms with E-state index in [0.29, 0.717) is 11.8 Å². The third-order valence-electron chi connectivity index (χ3n) is 3.75. The van der Waals surface area contributed by atoms with Gasteiger partial charge in [0.25, 0.3) is 0 Å². The highest BCUT2D eigenvalue weighted by Gasteiger charge is 2.15. The number of hydrogen-bond donors (Lipinski definition) is 0. The van der Waals surface area contributed by atoms with Gasteiger partial charge in [-0.25, -0.2) is 0 Å². The maximum Gasteiger partial charge on any atom is 0.0406 e. The van der Waals surface area contributed by atoms with Gasteiger partial charge in [0.05, 0.1) is 0 Å². The highest BCUT2D eigenvalue weighted by Crippen LogP contribution is 2.32. The van der Waals surface area contributed by atoms with E-state index >= 15 is 0 Å². The van der Waals surface area contributed by atoms with Gasteiger partial charge >= 0.3 is 0 Å². The molecule has 0 amide bonds. The molecule has 0 aliphatic rings. The lowest BCUT2D eigenvalue weighted by Gasteiger charge is -2.21. The first-order chi connectivity index (χ1) is 8.58. The lowest BCUT2D eigenvalue weighted by Crippen LogP contribution is -2.04. The molecule has 94 valence electrons. The molecule has 2 aromatic rings. The minimum Gasteiger partial charge on any atom is -0.0843 e. The summed E-state index contributed by atoms with van der Waals surface area (Å²) in [5.41, 5.74) is 4.04. The van der Waals surface area contributed by atoms with Crippen LogP contribution in [0, 0.1) is 6.92 Å². The number of halogens is 1. The maximum atomic E-state index is 5.93. The number of aryl methyl sites for hydroxylation is 1. The molecule has 0 spiro atoms. The minimum absolute atomic E-state index is 0.491. The van der Waals surface area contributed by atoms with E-state index in [-0.39, 0.29) is 0 Å². The third kappa shape index (κ3) is 2.94. The molecule has 0 N–H and O–H groups in total. The van der Waals surface area contributed by atoms with Gasteiger partial charge in [0.15, 0.2) is 0 Å². The second kappa shape index (κ2) is 5.58. The summed E-state index contributed by atoms with van der Waals surface area (Å²) in [5, 5.41) is 0.800. The molecule has 0 radical (unpaired) electrons. The van der Waals surface area contributed by atoms with Gasteiger partial charge < -0.3 is 0 Å². The van der Waals surface area contributed by atoms with Crippen molar-refractivity contribution in [3.05, 3.63) is 70.2 Å². The Labute approximate surface area is 115 Å². The lowest BCUT2D eigenvalue weighted by atomic mass is 9.84. The first-order valence-electron chi connectivity index (χ1n) is 6.40. The zero-order valence-electron chi connectivity index (χ0n) is 11.2. The van der Waals surface area contributed by atoms with Gasteiger partial charge in [-0.3, -0.25) is 0 Å². The van der Waals surface area contributed by atoms with Crippen LogP contribution >= 0.6 is 11.6 Å². The number of hydrogen-bond acceptors (Lipinski definition) is 0. The van der Waals surface area contributed by atoms with E-state index in [1.54, 1.807) is 0 Å². The zero-order valence-corrected chi connectivity index (χ0v) is 11.9. The Morgan fingerprint density at radius 3 is 1.56 bits per heavy atom. The Balaban J connectivity index is 2.20. The summed E-state index contributed by atoms with van der Waals surface area (Å²) in [4.78, 5) is 0. The summed E-state index contributed by atoms with van der Waals surface area (Å²) < 4.78 is 0. The van der Waals surface area contributed by atoms with Gasteiger partial charge in [0.1, 0.15) is 0 Å². The molecule has 2 rings (SSSR count). The van der Waals surface area contributed by atoms with Crippen LogP contribution in [0.3, 0.4) is 0 Å². The Hall–Kier alpha value is -1.27. The fourth-order valence-corrected chi connectivity index (χ4v) is 2.34. The van der Waals surface area contributed by atoms with Crippen LogP contribution in [0.5, 0.6) is 0 Å². The second-order valence-corrected chi connectivity index (χ2v) is 5.48. The maximum absolute atomic E-state index is 5.93. The van der Waals surface area contributed by atoms with Crippen LogP contribution in [0.4, 0.5) is 0 Å². The molecule has 0 heterocycles. The minimum atomic E-state index is 0.491. The summed E-state index contributed by atoms with van der Waals surface area (Å²) in [6, 6.07) is 17.0. The molecule has 0 nitrogen and oxygen atoms in total. The van der Waals surface area contributed by atoms with Crippen LogP contribution in [-0.2, 0) is 0 Å². The standard InChI is InChI=1S/C17H19Cl/c1-12-4-6-15(7-5-12)13(2)14(3)16-8-10-17(18)11-9-16/h4-11,13-14H,1-3H3. The van der Waals surface area contributed by atoms with Crippen molar-refractivity contribution in [2.45, 2.75) is 32.6 Å². The molecule has 0 saturated carbocycles. The van der Waals surface area contributed by atoms with Crippen LogP contribution in [-0.4, -0.2) is 0 Å². The van der Waals surface area contributed by atoms with Crippen molar-refractivity contribution in [1.82, 2.24) is 0 Å². The fraction of sp³-hybridized carbons (Fsp3) is 0.294. The molecule has 0 saturated heterocycles. The zero-order chi connectivity index (χ0) is 13.1. The van der Waals surface area contributed by atoms with E-state index in [1.165, 1.54) is 16.7 Å². The van der Waals surface area contributed by atoms with E-state index in [0.717, 1.165) is 5.02 Å². The molecular formula is C17H19Cl. The van der Waals surface area contributed by atoms with E-state index in [9.17, 15) is 0 Å². The third-order valence-corrected chi connectivity index (χ3v) is 4.00. The van der Waals surface area contributed by atoms with Crippen LogP contribution in [0.25, 0.3) is 0 Å². The normalized spacial score (nSPS) is 14.2. The largest absolute Gasteiger partial charge is 0.0843 e. The molecule has 18 heavy (non-hydrogen) atoms. The van der Waals surface area contributed by atoms with Gasteiger partial charge in [-0.1, -0.05) is 67.4 Å². The van der Waals surface area contributed by atoms with Crippen LogP contribution in [0.2, 0.25) is 5.02 Å². The molecule has 0 fully saturated rings. The molecule has 0 aliphatic heterocycles. The summed E-state index contributed by atoms with van der Waals surface area (Å²) in [6.07, 6.45) is 0. The van der Waals surface area contributed by atoms with Crippen molar-refractivity contribution in [3.8, 4) is 0 Å². The Morgan fingerprint density at radius 1 is 0.722 bits per heavy atom. The lowest BCUT2D eigenvalue weighted by molar-refractivity contribution is 0.623. The predicted molar refractivity (Wildman–Crippen MR) is 79.5 cm³/mol. The van der Waals surface area contributed by atoms with Crippen LogP contribution in [0.15, 0.2) is 48.5 Å². The average Bonchev–Trinajstić information content (AvgIpc) is 2.39. The van der Waals surface area contributed by atoms with Crippen LogP contribution in [0.1, 0.15) is 42.4 Å². The van der Waals surface area contributed by atoms with Crippen molar-refractivity contribution >= 4 is 11.6 Å². The molecule has 2 unspecified atom stereocenters. The van der Waals surface area contributed by atoms with E-state index in [2.05, 4.69) is 57.2 Å². The SMILES string of the molecule is Cc1ccc(C(C)C(C)c2ccc(Cl)cc2)cc1. The fourth-order valence-electron chi connectivity index (χ4n) is 2.21. The summed E-state index contributed by atoms with van der Waals surface area (Å²) in [7, 11) is 0. The van der Waals surface area contributed by atoms with Crippen LogP contribution < -0.4 is 0 Å². The summed E-state index contributed by atoms with van der Waals surface area (Å²) in [5.74, 6) is 0.997. The van der Waals surface area contributed by atoms with Gasteiger partial charge in [0.2, 0.25) is 0 Å².